The van der Waals surface area contributed by atoms with Crippen LogP contribution in [0.3, 0.4) is 0 Å². The van der Waals surface area contributed by atoms with Gasteiger partial charge in [0.05, 0.1) is 11.9 Å². The predicted octanol–water partition coefficient (Wildman–Crippen LogP) is -1.66. The van der Waals surface area contributed by atoms with Crippen LogP contribution in [-0.2, 0) is 0 Å². The van der Waals surface area contributed by atoms with E-state index in [1.54, 1.807) is 0 Å². The average molecular weight is 218 g/mol. The van der Waals surface area contributed by atoms with Crippen molar-refractivity contribution in [3.05, 3.63) is 34.9 Å². The molecule has 0 saturated carbocycles. The van der Waals surface area contributed by atoms with Crippen LogP contribution in [-0.4, -0.2) is 49.7 Å². The van der Waals surface area contributed by atoms with E-state index in [4.69, 9.17) is 0 Å². The fraction of sp³-hybridized carbons (Fsp3) is 0.111. The summed E-state index contributed by atoms with van der Waals surface area (Å²) in [7, 11) is 0. The molecule has 4 nitrogen and oxygen atoms in total. The van der Waals surface area contributed by atoms with E-state index in [1.165, 1.54) is 25.1 Å². The smallest absolute Gasteiger partial charge is 0.545 e. The van der Waals surface area contributed by atoms with Gasteiger partial charge in [0.1, 0.15) is 0 Å². The van der Waals surface area contributed by atoms with Crippen molar-refractivity contribution in [2.45, 2.75) is 6.92 Å². The van der Waals surface area contributed by atoms with Crippen molar-refractivity contribution >= 4 is 49.7 Å². The Hall–Kier alpha value is -0.580. The minimum atomic E-state index is -1.33. The zero-order chi connectivity index (χ0) is 10.0. The average Bonchev–Trinajstić information content (AvgIpc) is 2.03. The van der Waals surface area contributed by atoms with E-state index in [0.717, 1.165) is 0 Å². The Kier molecular flexibility index (Phi) is 5.12. The maximum absolute atomic E-state index is 10.4. The van der Waals surface area contributed by atoms with Crippen molar-refractivity contribution in [2.75, 3.05) is 0 Å². The van der Waals surface area contributed by atoms with Crippen molar-refractivity contribution < 1.29 is 19.8 Å². The summed E-state index contributed by atoms with van der Waals surface area (Å²) in [6, 6.07) is 3.60. The molecule has 0 aromatic heterocycles. The first-order valence-corrected chi connectivity index (χ1v) is 3.55. The van der Waals surface area contributed by atoms with E-state index < -0.39 is 11.9 Å². The molecule has 14 heavy (non-hydrogen) atoms. The Morgan fingerprint density at radius 3 is 2.07 bits per heavy atom. The molecule has 1 aromatic rings. The summed E-state index contributed by atoms with van der Waals surface area (Å²) in [4.78, 5) is 20.8. The molecule has 0 fully saturated rings. The second-order valence-electron chi connectivity index (χ2n) is 2.60. The van der Waals surface area contributed by atoms with Crippen LogP contribution in [0.25, 0.3) is 0 Å². The molecule has 0 aliphatic carbocycles. The van der Waals surface area contributed by atoms with Crippen molar-refractivity contribution in [1.29, 1.82) is 0 Å². The van der Waals surface area contributed by atoms with Crippen LogP contribution in [0.5, 0.6) is 0 Å². The molecule has 1 aromatic carbocycles. The predicted molar refractivity (Wildman–Crippen MR) is 45.6 cm³/mol. The molecule has 68 valence electrons. The minimum absolute atomic E-state index is 0. The summed E-state index contributed by atoms with van der Waals surface area (Å²) in [5, 5.41) is 20.8. The van der Waals surface area contributed by atoms with E-state index in [2.05, 4.69) is 0 Å². The fourth-order valence-electron chi connectivity index (χ4n) is 1.02. The molecule has 0 spiro atoms. The van der Waals surface area contributed by atoms with Gasteiger partial charge in [0.15, 0.2) is 0 Å². The molecule has 0 bridgehead atoms. The number of carboxylic acid groups (broad SMARTS) is 2. The monoisotopic (exact) mass is 218 g/mol. The third-order valence-electron chi connectivity index (χ3n) is 1.68. The zero-order valence-electron chi connectivity index (χ0n) is 7.57. The van der Waals surface area contributed by atoms with Crippen LogP contribution in [0.4, 0.5) is 0 Å². The summed E-state index contributed by atoms with van der Waals surface area (Å²) < 4.78 is 0. The number of carbonyl (C=O) groups excluding carboxylic acids is 2. The Balaban J connectivity index is 0.00000169. The van der Waals surface area contributed by atoms with Crippen LogP contribution in [0.2, 0.25) is 0 Å². The minimum Gasteiger partial charge on any atom is -0.545 e. The third kappa shape index (κ3) is 2.97. The number of benzene rings is 1. The molecule has 0 unspecified atom stereocenters. The van der Waals surface area contributed by atoms with Crippen molar-refractivity contribution in [1.82, 2.24) is 0 Å². The van der Waals surface area contributed by atoms with Gasteiger partial charge in [-0.2, -0.15) is 0 Å². The van der Waals surface area contributed by atoms with Gasteiger partial charge in [0.2, 0.25) is 0 Å². The van der Waals surface area contributed by atoms with Gasteiger partial charge >= 0.3 is 37.7 Å². The van der Waals surface area contributed by atoms with Gasteiger partial charge in [-0.25, -0.2) is 0 Å². The molecule has 0 atom stereocenters. The van der Waals surface area contributed by atoms with Crippen LogP contribution in [0, 0.1) is 6.92 Å². The van der Waals surface area contributed by atoms with Gasteiger partial charge < -0.3 is 19.8 Å². The van der Waals surface area contributed by atoms with E-state index in [0.29, 0.717) is 5.56 Å². The van der Waals surface area contributed by atoms with Gasteiger partial charge in [0, 0.05) is 5.56 Å². The summed E-state index contributed by atoms with van der Waals surface area (Å²) in [5.41, 5.74) is 0.300. The third-order valence-corrected chi connectivity index (χ3v) is 1.68. The van der Waals surface area contributed by atoms with Crippen LogP contribution in [0.1, 0.15) is 26.3 Å². The normalized spacial score (nSPS) is 8.93. The molecule has 0 amide bonds. The first-order valence-electron chi connectivity index (χ1n) is 3.55. The Labute approximate surface area is 111 Å². The van der Waals surface area contributed by atoms with E-state index in [1.807, 2.05) is 0 Å². The first-order chi connectivity index (χ1) is 6.02. The number of hydrogen-bond acceptors (Lipinski definition) is 4. The van der Waals surface area contributed by atoms with Gasteiger partial charge in [-0.05, 0) is 24.1 Å². The summed E-state index contributed by atoms with van der Waals surface area (Å²) in [6.45, 7) is 1.50. The van der Waals surface area contributed by atoms with Crippen LogP contribution >= 0.6 is 0 Å². The Bertz CT molecular complexity index is 373. The van der Waals surface area contributed by atoms with Crippen molar-refractivity contribution in [2.24, 2.45) is 0 Å². The molecule has 1 rings (SSSR count). The molecule has 5 heteroatoms. The molecule has 0 N–H and O–H groups in total. The topological polar surface area (TPSA) is 80.3 Å². The quantitative estimate of drug-likeness (QED) is 0.556. The maximum Gasteiger partial charge on any atom is 2.00 e. The Morgan fingerprint density at radius 2 is 1.71 bits per heavy atom. The van der Waals surface area contributed by atoms with Crippen LogP contribution in [0.15, 0.2) is 18.2 Å². The number of carboxylic acids is 2. The number of carbonyl (C=O) groups is 2. The molecule has 0 aliphatic rings. The van der Waals surface area contributed by atoms with Gasteiger partial charge in [-0.1, -0.05) is 12.1 Å². The van der Waals surface area contributed by atoms with Gasteiger partial charge in [-0.15, -0.1) is 0 Å². The maximum atomic E-state index is 10.4. The van der Waals surface area contributed by atoms with Crippen molar-refractivity contribution in [3.63, 3.8) is 0 Å². The number of aromatic carboxylic acids is 2. The molecule has 0 aliphatic heterocycles. The summed E-state index contributed by atoms with van der Waals surface area (Å²) in [5.74, 6) is -2.64. The van der Waals surface area contributed by atoms with E-state index in [9.17, 15) is 19.8 Å². The fourth-order valence-corrected chi connectivity index (χ4v) is 1.02. The van der Waals surface area contributed by atoms with Gasteiger partial charge in [0.25, 0.3) is 0 Å². The molecule has 0 radical (unpaired) electrons. The summed E-state index contributed by atoms with van der Waals surface area (Å²) in [6.07, 6.45) is 0. The second-order valence-corrected chi connectivity index (χ2v) is 2.60. The van der Waals surface area contributed by atoms with Gasteiger partial charge in [-0.3, -0.25) is 0 Å². The summed E-state index contributed by atoms with van der Waals surface area (Å²) >= 11 is 0. The number of hydrogen-bond donors (Lipinski definition) is 0. The van der Waals surface area contributed by atoms with E-state index >= 15 is 0 Å². The molecular weight excluding hydrogens is 212 g/mol. The van der Waals surface area contributed by atoms with Crippen LogP contribution < -0.4 is 10.2 Å². The first kappa shape index (κ1) is 13.4. The second kappa shape index (κ2) is 5.34. The molecule has 0 heterocycles. The van der Waals surface area contributed by atoms with Crippen molar-refractivity contribution in [3.8, 4) is 0 Å². The molecule has 0 saturated heterocycles. The van der Waals surface area contributed by atoms with E-state index in [-0.39, 0.29) is 48.9 Å². The largest absolute Gasteiger partial charge is 2.00 e. The zero-order valence-corrected chi connectivity index (χ0v) is 9.78. The molecular formula is C9H6CaO4. The SMILES string of the molecule is Cc1cc(C(=O)[O-])ccc1C(=O)[O-].[Ca+2]. The number of rotatable bonds is 2. The standard InChI is InChI=1S/C9H8O4.Ca/c1-5-4-6(8(10)11)2-3-7(5)9(12)13;/h2-4H,1H3,(H,10,11)(H,12,13);/q;+2/p-2. The Morgan fingerprint density at radius 1 is 1.14 bits per heavy atom. The number of aryl methyl sites for hydroxylation is 1.